The van der Waals surface area contributed by atoms with Crippen LogP contribution in [0.1, 0.15) is 52.4 Å². The van der Waals surface area contributed by atoms with Crippen LogP contribution in [0, 0.1) is 5.92 Å². The summed E-state index contributed by atoms with van der Waals surface area (Å²) in [7, 11) is 1.90. The molecular weight excluding hydrogens is 228 g/mol. The first-order valence-corrected chi connectivity index (χ1v) is 7.18. The lowest BCUT2D eigenvalue weighted by atomic mass is 9.86. The Morgan fingerprint density at radius 2 is 2.22 bits per heavy atom. The van der Waals surface area contributed by atoms with Crippen molar-refractivity contribution in [1.29, 1.82) is 0 Å². The van der Waals surface area contributed by atoms with Gasteiger partial charge in [-0.25, -0.2) is 4.79 Å². The van der Waals surface area contributed by atoms with Crippen molar-refractivity contribution in [2.24, 2.45) is 5.92 Å². The maximum atomic E-state index is 12.1. The van der Waals surface area contributed by atoms with Gasteiger partial charge in [0.05, 0.1) is 0 Å². The standard InChI is InChI=1S/C14H28N2O2/c1-11-6-4-8-13(10-11)16(3)14(18)15-12(2)7-5-9-17/h11-13,17H,4-10H2,1-3H3,(H,15,18). The summed E-state index contributed by atoms with van der Waals surface area (Å²) in [4.78, 5) is 13.9. The molecule has 3 unspecified atom stereocenters. The van der Waals surface area contributed by atoms with Crippen molar-refractivity contribution in [2.45, 2.75) is 64.5 Å². The van der Waals surface area contributed by atoms with Gasteiger partial charge in [0.2, 0.25) is 0 Å². The molecule has 3 atom stereocenters. The Hall–Kier alpha value is -0.770. The maximum absolute atomic E-state index is 12.1. The molecule has 0 aromatic carbocycles. The van der Waals surface area contributed by atoms with E-state index in [1.54, 1.807) is 0 Å². The molecule has 1 fully saturated rings. The van der Waals surface area contributed by atoms with Crippen LogP contribution in [0.3, 0.4) is 0 Å². The van der Waals surface area contributed by atoms with Gasteiger partial charge in [-0.05, 0) is 38.5 Å². The summed E-state index contributed by atoms with van der Waals surface area (Å²) in [5.41, 5.74) is 0. The largest absolute Gasteiger partial charge is 0.396 e. The molecule has 4 nitrogen and oxygen atoms in total. The molecule has 1 saturated carbocycles. The number of urea groups is 1. The maximum Gasteiger partial charge on any atom is 0.317 e. The van der Waals surface area contributed by atoms with E-state index in [-0.39, 0.29) is 18.7 Å². The number of carbonyl (C=O) groups is 1. The first-order chi connectivity index (χ1) is 8.54. The molecule has 2 amide bonds. The van der Waals surface area contributed by atoms with Crippen LogP contribution in [0.5, 0.6) is 0 Å². The fourth-order valence-electron chi connectivity index (χ4n) is 2.70. The fourth-order valence-corrected chi connectivity index (χ4v) is 2.70. The van der Waals surface area contributed by atoms with Crippen molar-refractivity contribution < 1.29 is 9.90 Å². The molecule has 2 N–H and O–H groups in total. The van der Waals surface area contributed by atoms with Crippen LogP contribution in [0.4, 0.5) is 4.79 Å². The second-order valence-electron chi connectivity index (χ2n) is 5.75. The van der Waals surface area contributed by atoms with Crippen molar-refractivity contribution in [3.63, 3.8) is 0 Å². The third-order valence-corrected chi connectivity index (χ3v) is 3.94. The minimum Gasteiger partial charge on any atom is -0.396 e. The summed E-state index contributed by atoms with van der Waals surface area (Å²) in [5, 5.41) is 11.8. The van der Waals surface area contributed by atoms with E-state index in [2.05, 4.69) is 12.2 Å². The number of nitrogens with one attached hydrogen (secondary N) is 1. The summed E-state index contributed by atoms with van der Waals surface area (Å²) < 4.78 is 0. The molecule has 1 aliphatic carbocycles. The quantitative estimate of drug-likeness (QED) is 0.793. The van der Waals surface area contributed by atoms with Crippen molar-refractivity contribution >= 4 is 6.03 Å². The van der Waals surface area contributed by atoms with Crippen LogP contribution < -0.4 is 5.32 Å². The molecule has 18 heavy (non-hydrogen) atoms. The van der Waals surface area contributed by atoms with Gasteiger partial charge in [-0.3, -0.25) is 0 Å². The van der Waals surface area contributed by atoms with E-state index in [1.165, 1.54) is 12.8 Å². The van der Waals surface area contributed by atoms with Crippen molar-refractivity contribution in [1.82, 2.24) is 10.2 Å². The first-order valence-electron chi connectivity index (χ1n) is 7.18. The van der Waals surface area contributed by atoms with Gasteiger partial charge in [0, 0.05) is 25.7 Å². The molecule has 4 heteroatoms. The van der Waals surface area contributed by atoms with E-state index in [1.807, 2.05) is 18.9 Å². The Labute approximate surface area is 111 Å². The summed E-state index contributed by atoms with van der Waals surface area (Å²) in [6, 6.07) is 0.548. The Bertz CT molecular complexity index is 258. The summed E-state index contributed by atoms with van der Waals surface area (Å²) >= 11 is 0. The van der Waals surface area contributed by atoms with Gasteiger partial charge in [0.15, 0.2) is 0 Å². The van der Waals surface area contributed by atoms with Crippen LogP contribution in [0.2, 0.25) is 0 Å². The number of nitrogens with zero attached hydrogens (tertiary/aromatic N) is 1. The van der Waals surface area contributed by atoms with E-state index in [0.717, 1.165) is 31.6 Å². The minimum absolute atomic E-state index is 0.0274. The van der Waals surface area contributed by atoms with Gasteiger partial charge in [0.1, 0.15) is 0 Å². The average molecular weight is 256 g/mol. The van der Waals surface area contributed by atoms with Gasteiger partial charge >= 0.3 is 6.03 Å². The van der Waals surface area contributed by atoms with Crippen molar-refractivity contribution in [3.05, 3.63) is 0 Å². The lowest BCUT2D eigenvalue weighted by Crippen LogP contribution is -2.47. The smallest absolute Gasteiger partial charge is 0.317 e. The van der Waals surface area contributed by atoms with Crippen LogP contribution in [-0.2, 0) is 0 Å². The van der Waals surface area contributed by atoms with E-state index >= 15 is 0 Å². The molecule has 0 aliphatic heterocycles. The van der Waals surface area contributed by atoms with Gasteiger partial charge in [0.25, 0.3) is 0 Å². The molecule has 0 saturated heterocycles. The van der Waals surface area contributed by atoms with Crippen LogP contribution in [0.25, 0.3) is 0 Å². The first kappa shape index (κ1) is 15.3. The normalized spacial score (nSPS) is 25.6. The third-order valence-electron chi connectivity index (χ3n) is 3.94. The highest BCUT2D eigenvalue weighted by atomic mass is 16.3. The summed E-state index contributed by atoms with van der Waals surface area (Å²) in [6.07, 6.45) is 6.33. The average Bonchev–Trinajstić information content (AvgIpc) is 2.35. The van der Waals surface area contributed by atoms with E-state index < -0.39 is 0 Å². The molecule has 1 rings (SSSR count). The second-order valence-corrected chi connectivity index (χ2v) is 5.75. The fraction of sp³-hybridized carbons (Fsp3) is 0.929. The van der Waals surface area contributed by atoms with Gasteiger partial charge in [-0.1, -0.05) is 19.8 Å². The number of carbonyl (C=O) groups excluding carboxylic acids is 1. The van der Waals surface area contributed by atoms with Crippen LogP contribution in [0.15, 0.2) is 0 Å². The van der Waals surface area contributed by atoms with Gasteiger partial charge in [-0.15, -0.1) is 0 Å². The van der Waals surface area contributed by atoms with Crippen molar-refractivity contribution in [2.75, 3.05) is 13.7 Å². The van der Waals surface area contributed by atoms with Gasteiger partial charge in [-0.2, -0.15) is 0 Å². The zero-order chi connectivity index (χ0) is 13.5. The molecule has 0 aromatic rings. The predicted octanol–water partition coefficient (Wildman–Crippen LogP) is 2.37. The number of aliphatic hydroxyl groups excluding tert-OH is 1. The highest BCUT2D eigenvalue weighted by Gasteiger charge is 2.25. The predicted molar refractivity (Wildman–Crippen MR) is 73.5 cm³/mol. The molecule has 0 spiro atoms. The number of hydrogen-bond donors (Lipinski definition) is 2. The minimum atomic E-state index is 0.0274. The topological polar surface area (TPSA) is 52.6 Å². The zero-order valence-corrected chi connectivity index (χ0v) is 12.0. The highest BCUT2D eigenvalue weighted by Crippen LogP contribution is 2.26. The highest BCUT2D eigenvalue weighted by molar-refractivity contribution is 5.74. The molecule has 106 valence electrons. The Morgan fingerprint density at radius 3 is 2.83 bits per heavy atom. The molecule has 0 aromatic heterocycles. The summed E-state index contributed by atoms with van der Waals surface area (Å²) in [5.74, 6) is 0.728. The molecule has 0 radical (unpaired) electrons. The molecular formula is C14H28N2O2. The number of hydrogen-bond acceptors (Lipinski definition) is 2. The van der Waals surface area contributed by atoms with Crippen molar-refractivity contribution in [3.8, 4) is 0 Å². The monoisotopic (exact) mass is 256 g/mol. The Balaban J connectivity index is 2.35. The lowest BCUT2D eigenvalue weighted by molar-refractivity contribution is 0.157. The number of rotatable bonds is 5. The van der Waals surface area contributed by atoms with E-state index in [0.29, 0.717) is 6.04 Å². The summed E-state index contributed by atoms with van der Waals surface area (Å²) in [6.45, 7) is 4.45. The third kappa shape index (κ3) is 4.84. The molecule has 0 bridgehead atoms. The molecule has 1 aliphatic rings. The zero-order valence-electron chi connectivity index (χ0n) is 12.0. The molecule has 0 heterocycles. The van der Waals surface area contributed by atoms with Gasteiger partial charge < -0.3 is 15.3 Å². The van der Waals surface area contributed by atoms with Crippen LogP contribution >= 0.6 is 0 Å². The Kier molecular flexibility index (Phi) is 6.47. The van der Waals surface area contributed by atoms with Crippen LogP contribution in [-0.4, -0.2) is 41.8 Å². The SMILES string of the molecule is CC1CCCC(N(C)C(=O)NC(C)CCCO)C1. The number of amides is 2. The Morgan fingerprint density at radius 1 is 1.50 bits per heavy atom. The van der Waals surface area contributed by atoms with E-state index in [4.69, 9.17) is 5.11 Å². The second kappa shape index (κ2) is 7.62. The number of aliphatic hydroxyl groups is 1. The lowest BCUT2D eigenvalue weighted by Gasteiger charge is -2.34. The van der Waals surface area contributed by atoms with E-state index in [9.17, 15) is 4.79 Å².